The highest BCUT2D eigenvalue weighted by atomic mass is 32.2. The first kappa shape index (κ1) is 51.9. The molecule has 12 nitrogen and oxygen atoms in total. The number of nitro benzene ring substituents is 1. The number of amides is 1. The summed E-state index contributed by atoms with van der Waals surface area (Å²) in [5.41, 5.74) is 4.95. The van der Waals surface area contributed by atoms with Gasteiger partial charge in [0.05, 0.1) is 23.2 Å². The molecule has 0 radical (unpaired) electrons. The number of oxime groups is 1. The highest BCUT2D eigenvalue weighted by molar-refractivity contribution is 7.98. The second kappa shape index (κ2) is 24.3. The van der Waals surface area contributed by atoms with E-state index in [0.29, 0.717) is 41.4 Å². The molecular weight excluding hydrogens is 951 g/mol. The van der Waals surface area contributed by atoms with Crippen molar-refractivity contribution in [3.05, 3.63) is 202 Å². The molecule has 0 spiro atoms. The zero-order chi connectivity index (χ0) is 51.4. The molecule has 0 aromatic heterocycles. The summed E-state index contributed by atoms with van der Waals surface area (Å²) < 4.78 is 21.5. The highest BCUT2D eigenvalue weighted by Crippen LogP contribution is 2.62. The van der Waals surface area contributed by atoms with Crippen LogP contribution in [0.15, 0.2) is 180 Å². The van der Waals surface area contributed by atoms with Crippen LogP contribution in [0.5, 0.6) is 17.2 Å². The van der Waals surface area contributed by atoms with Gasteiger partial charge in [-0.15, -0.1) is 18.3 Å². The number of fused-ring (bicyclic) bond motifs is 3. The number of non-ortho nitro benzene ring substituents is 1. The molecule has 74 heavy (non-hydrogen) atoms. The Morgan fingerprint density at radius 2 is 1.62 bits per heavy atom. The molecule has 3 aliphatic rings. The van der Waals surface area contributed by atoms with Crippen molar-refractivity contribution in [3.63, 3.8) is 0 Å². The Morgan fingerprint density at radius 3 is 2.36 bits per heavy atom. The summed E-state index contributed by atoms with van der Waals surface area (Å²) >= 11 is 1.66. The van der Waals surface area contributed by atoms with Crippen molar-refractivity contribution in [2.24, 2.45) is 22.9 Å². The number of carbonyl (C=O) groups excluding carboxylic acids is 1. The molecule has 382 valence electrons. The molecular formula is C61H63N3O9S. The van der Waals surface area contributed by atoms with E-state index in [0.717, 1.165) is 63.6 Å². The number of thioether (sulfide) groups is 1. The molecule has 6 aromatic rings. The van der Waals surface area contributed by atoms with Crippen molar-refractivity contribution < 1.29 is 39.0 Å². The van der Waals surface area contributed by atoms with Gasteiger partial charge >= 0.3 is 0 Å². The van der Waals surface area contributed by atoms with Crippen molar-refractivity contribution >= 4 is 45.9 Å². The van der Waals surface area contributed by atoms with E-state index >= 15 is 4.79 Å². The van der Waals surface area contributed by atoms with Crippen molar-refractivity contribution in [2.75, 3.05) is 26.1 Å². The standard InChI is InChI=1S/C61H63N3O9S/c1-3-36-70-61-57(63(40-46-19-13-18-44-16-7-8-20-51(44)46)58(67)33-24-42-22-25-47(26-23-42)64(68)69)39-55(62-71-41-43-14-5-4-6-15-43)53-37-45(17-9-11-34-65)52(21-10-12-35-66)59(60(53)61)54-38-49(29-32-56(54)73-61)72-48-27-30-50(74-2)31-28-48/h3-8,13-16,18-20,22-33,37-38,45,52,57,59-60,65-66H,1,9-12,17,21,34-36,39-41H2,2H3. The van der Waals surface area contributed by atoms with E-state index in [2.05, 4.69) is 36.9 Å². The Labute approximate surface area is 437 Å². The van der Waals surface area contributed by atoms with Crippen LogP contribution in [-0.2, 0) is 27.5 Å². The minimum absolute atomic E-state index is 0.00560. The number of rotatable bonds is 23. The van der Waals surface area contributed by atoms with Gasteiger partial charge in [-0.25, -0.2) is 0 Å². The Balaban J connectivity index is 1.26. The van der Waals surface area contributed by atoms with Gasteiger partial charge in [-0.2, -0.15) is 0 Å². The third-order valence-electron chi connectivity index (χ3n) is 14.6. The number of unbranched alkanes of at least 4 members (excludes halogenated alkanes) is 2. The topological polar surface area (TPSA) is 153 Å². The van der Waals surface area contributed by atoms with Crippen LogP contribution < -0.4 is 9.47 Å². The van der Waals surface area contributed by atoms with Crippen LogP contribution in [0.3, 0.4) is 0 Å². The molecule has 1 aliphatic heterocycles. The number of nitrogens with zero attached hydrogens (tertiary/aromatic N) is 3. The molecule has 6 atom stereocenters. The molecule has 6 aromatic carbocycles. The smallest absolute Gasteiger partial charge is 0.269 e. The van der Waals surface area contributed by atoms with E-state index in [4.69, 9.17) is 24.2 Å². The Morgan fingerprint density at radius 1 is 0.892 bits per heavy atom. The van der Waals surface area contributed by atoms with Crippen molar-refractivity contribution in [2.45, 2.75) is 80.7 Å². The maximum absolute atomic E-state index is 15.6. The molecule has 0 bridgehead atoms. The number of benzene rings is 6. The first-order chi connectivity index (χ1) is 36.2. The van der Waals surface area contributed by atoms with Crippen LogP contribution in [0.1, 0.15) is 73.1 Å². The fraction of sp³-hybridized carbons (Fsp3) is 0.311. The van der Waals surface area contributed by atoms with Gasteiger partial charge in [0.2, 0.25) is 11.7 Å². The predicted octanol–water partition coefficient (Wildman–Crippen LogP) is 12.8. The summed E-state index contributed by atoms with van der Waals surface area (Å²) in [7, 11) is 0. The zero-order valence-corrected chi connectivity index (χ0v) is 42.5. The van der Waals surface area contributed by atoms with E-state index < -0.39 is 22.7 Å². The number of ether oxygens (including phenoxy) is 3. The van der Waals surface area contributed by atoms with Gasteiger partial charge in [-0.3, -0.25) is 14.9 Å². The lowest BCUT2D eigenvalue weighted by Gasteiger charge is -2.60. The average Bonchev–Trinajstić information content (AvgIpc) is 3.43. The van der Waals surface area contributed by atoms with Crippen molar-refractivity contribution in [3.8, 4) is 17.2 Å². The Hall–Kier alpha value is -7.03. The third kappa shape index (κ3) is 11.5. The van der Waals surface area contributed by atoms with Gasteiger partial charge in [0.25, 0.3) is 5.69 Å². The molecule has 2 N–H and O–H groups in total. The lowest BCUT2D eigenvalue weighted by Crippen LogP contribution is -2.70. The Bertz CT molecular complexity index is 2990. The predicted molar refractivity (Wildman–Crippen MR) is 291 cm³/mol. The SMILES string of the molecule is C=CCOC12Oc3ccc(Oc4ccc(SC)cc4)cc3C3C(CCCCO)C(CCCCO)C=C(C(=NOCc4ccccc4)CC1N(Cc1cccc4ccccc14)C(=O)C=Cc1ccc([N+](=O)[O-])cc1)C32. The molecule has 13 heteroatoms. The molecule has 1 fully saturated rings. The number of allylic oxidation sites excluding steroid dienone is 1. The first-order valence-corrected chi connectivity index (χ1v) is 26.7. The quantitative estimate of drug-likeness (QED) is 0.0158. The van der Waals surface area contributed by atoms with Gasteiger partial charge in [0.1, 0.15) is 29.9 Å². The zero-order valence-electron chi connectivity index (χ0n) is 41.7. The molecule has 6 unspecified atom stereocenters. The van der Waals surface area contributed by atoms with Crippen molar-refractivity contribution in [1.29, 1.82) is 0 Å². The van der Waals surface area contributed by atoms with Crippen molar-refractivity contribution in [1.82, 2.24) is 4.90 Å². The summed E-state index contributed by atoms with van der Waals surface area (Å²) in [6, 6.07) is 43.3. The van der Waals surface area contributed by atoms with Crippen LogP contribution in [0.4, 0.5) is 5.69 Å². The molecule has 9 rings (SSSR count). The number of nitro groups is 1. The lowest BCUT2D eigenvalue weighted by molar-refractivity contribution is -0.384. The summed E-state index contributed by atoms with van der Waals surface area (Å²) in [5, 5.41) is 38.9. The average molecular weight is 1010 g/mol. The minimum atomic E-state index is -1.53. The van der Waals surface area contributed by atoms with Crippen LogP contribution in [0.2, 0.25) is 0 Å². The van der Waals surface area contributed by atoms with Crippen LogP contribution >= 0.6 is 11.8 Å². The summed E-state index contributed by atoms with van der Waals surface area (Å²) in [5.74, 6) is -0.741. The number of aliphatic hydroxyl groups excluding tert-OH is 2. The fourth-order valence-corrected chi connectivity index (χ4v) is 11.6. The van der Waals surface area contributed by atoms with Gasteiger partial charge in [0.15, 0.2) is 0 Å². The minimum Gasteiger partial charge on any atom is -0.459 e. The molecule has 1 heterocycles. The van der Waals surface area contributed by atoms with Gasteiger partial charge in [-0.05, 0) is 137 Å². The summed E-state index contributed by atoms with van der Waals surface area (Å²) in [6.45, 7) is 4.73. The number of hydrogen-bond donors (Lipinski definition) is 2. The molecule has 0 saturated heterocycles. The number of carbonyl (C=O) groups is 1. The highest BCUT2D eigenvalue weighted by Gasteiger charge is 2.65. The van der Waals surface area contributed by atoms with Crippen LogP contribution in [0.25, 0.3) is 16.8 Å². The van der Waals surface area contributed by atoms with E-state index in [1.165, 1.54) is 18.2 Å². The molecule has 2 aliphatic carbocycles. The number of hydrogen-bond acceptors (Lipinski definition) is 11. The third-order valence-corrected chi connectivity index (χ3v) is 15.3. The second-order valence-corrected chi connectivity index (χ2v) is 20.0. The first-order valence-electron chi connectivity index (χ1n) is 25.5. The van der Waals surface area contributed by atoms with Gasteiger partial charge in [0, 0.05) is 60.8 Å². The Kier molecular flexibility index (Phi) is 17.1. The number of aliphatic hydroxyl groups is 2. The second-order valence-electron chi connectivity index (χ2n) is 19.1. The van der Waals surface area contributed by atoms with E-state index in [-0.39, 0.29) is 68.7 Å². The van der Waals surface area contributed by atoms with E-state index in [1.54, 1.807) is 36.0 Å². The normalized spacial score (nSPS) is 21.3. The summed E-state index contributed by atoms with van der Waals surface area (Å²) in [6.07, 6.45) is 13.9. The fourth-order valence-electron chi connectivity index (χ4n) is 11.2. The van der Waals surface area contributed by atoms with Gasteiger partial charge in [-0.1, -0.05) is 103 Å². The summed E-state index contributed by atoms with van der Waals surface area (Å²) in [4.78, 5) is 36.0. The van der Waals surface area contributed by atoms with Crippen LogP contribution in [0, 0.1) is 27.9 Å². The lowest BCUT2D eigenvalue weighted by atomic mass is 9.55. The maximum Gasteiger partial charge on any atom is 0.269 e. The van der Waals surface area contributed by atoms with E-state index in [9.17, 15) is 20.3 Å². The maximum atomic E-state index is 15.6. The molecule has 1 amide bonds. The molecule has 1 saturated carbocycles. The van der Waals surface area contributed by atoms with Crippen LogP contribution in [-0.4, -0.2) is 69.6 Å². The largest absolute Gasteiger partial charge is 0.459 e. The van der Waals surface area contributed by atoms with Gasteiger partial charge < -0.3 is 34.2 Å². The monoisotopic (exact) mass is 1010 g/mol. The van der Waals surface area contributed by atoms with E-state index in [1.807, 2.05) is 102 Å².